The molecule has 1 aromatic carbocycles. The van der Waals surface area contributed by atoms with Gasteiger partial charge in [0, 0.05) is 5.54 Å². The molecule has 0 aliphatic carbocycles. The molecule has 37 heavy (non-hydrogen) atoms. The third kappa shape index (κ3) is 25.1. The number of unbranched alkanes of at least 4 members (excludes halogenated alkanes) is 15. The fraction of sp³-hybridized carbons (Fsp3) is 0.812. The first-order chi connectivity index (χ1) is 17.8. The first kappa shape index (κ1) is 36.1. The largest absolute Gasteiger partial charge is 0.325 e. The van der Waals surface area contributed by atoms with Crippen molar-refractivity contribution in [2.45, 2.75) is 167 Å². The van der Waals surface area contributed by atoms with Crippen LogP contribution in [0.25, 0.3) is 0 Å². The third-order valence-electron chi connectivity index (χ3n) is 7.28. The van der Waals surface area contributed by atoms with E-state index in [1.54, 1.807) is 30.3 Å². The molecule has 0 unspecified atom stereocenters. The van der Waals surface area contributed by atoms with Gasteiger partial charge in [-0.1, -0.05) is 167 Å². The van der Waals surface area contributed by atoms with E-state index < -0.39 is 10.1 Å². The van der Waals surface area contributed by atoms with Gasteiger partial charge in [-0.05, 0) is 24.8 Å². The zero-order chi connectivity index (χ0) is 27.7. The van der Waals surface area contributed by atoms with E-state index in [-0.39, 0.29) is 11.3 Å². The SMILES string of the molecule is CCCCCCCCC(N)(CCCCCCCC)CCCCCCCC.O=S(=O)(O)Cc1ccccc1. The van der Waals surface area contributed by atoms with Crippen LogP contribution in [0.1, 0.15) is 161 Å². The van der Waals surface area contributed by atoms with Gasteiger partial charge in [0.25, 0.3) is 10.1 Å². The standard InChI is InChI=1S/C25H53N.C7H8O3S/c1-4-7-10-13-16-19-22-25(26,23-20-17-14-11-8-5-2)24-21-18-15-12-9-6-3;8-11(9,10)6-7-4-2-1-3-5-7/h4-24,26H2,1-3H3;1-5H,6H2,(H,8,9,10). The van der Waals surface area contributed by atoms with Crippen molar-refractivity contribution in [2.75, 3.05) is 0 Å². The molecule has 218 valence electrons. The number of hydrogen-bond donors (Lipinski definition) is 2. The van der Waals surface area contributed by atoms with Gasteiger partial charge in [0.1, 0.15) is 5.75 Å². The molecule has 0 aliphatic heterocycles. The summed E-state index contributed by atoms with van der Waals surface area (Å²) >= 11 is 0. The van der Waals surface area contributed by atoms with Crippen molar-refractivity contribution < 1.29 is 13.0 Å². The minimum Gasteiger partial charge on any atom is -0.325 e. The lowest BCUT2D eigenvalue weighted by atomic mass is 9.82. The normalized spacial score (nSPS) is 11.8. The van der Waals surface area contributed by atoms with E-state index in [0.717, 1.165) is 0 Å². The summed E-state index contributed by atoms with van der Waals surface area (Å²) in [4.78, 5) is 0. The zero-order valence-corrected chi connectivity index (χ0v) is 25.5. The third-order valence-corrected chi connectivity index (χ3v) is 7.97. The summed E-state index contributed by atoms with van der Waals surface area (Å²) in [6.07, 6.45) is 28.8. The second kappa shape index (κ2) is 24.2. The van der Waals surface area contributed by atoms with Gasteiger partial charge in [-0.15, -0.1) is 0 Å². The number of hydrogen-bond acceptors (Lipinski definition) is 3. The van der Waals surface area contributed by atoms with Crippen molar-refractivity contribution in [3.05, 3.63) is 35.9 Å². The Morgan fingerprint density at radius 2 is 0.919 bits per heavy atom. The van der Waals surface area contributed by atoms with Crippen molar-refractivity contribution in [1.29, 1.82) is 0 Å². The first-order valence-electron chi connectivity index (χ1n) is 15.5. The quantitative estimate of drug-likeness (QED) is 0.107. The van der Waals surface area contributed by atoms with Crippen LogP contribution < -0.4 is 5.73 Å². The first-order valence-corrected chi connectivity index (χ1v) is 17.1. The van der Waals surface area contributed by atoms with Crippen molar-refractivity contribution >= 4 is 10.1 Å². The Morgan fingerprint density at radius 3 is 1.24 bits per heavy atom. The minimum atomic E-state index is -3.88. The molecule has 0 heterocycles. The molecule has 5 heteroatoms. The highest BCUT2D eigenvalue weighted by Gasteiger charge is 2.23. The van der Waals surface area contributed by atoms with Crippen LogP contribution in [0.5, 0.6) is 0 Å². The number of benzene rings is 1. The highest BCUT2D eigenvalue weighted by atomic mass is 32.2. The van der Waals surface area contributed by atoms with Crippen LogP contribution in [0.2, 0.25) is 0 Å². The molecule has 0 fully saturated rings. The lowest BCUT2D eigenvalue weighted by Crippen LogP contribution is -2.39. The summed E-state index contributed by atoms with van der Waals surface area (Å²) in [5.74, 6) is -0.312. The maximum absolute atomic E-state index is 10.4. The second-order valence-electron chi connectivity index (χ2n) is 11.1. The van der Waals surface area contributed by atoms with E-state index in [1.165, 1.54) is 135 Å². The Bertz CT molecular complexity index is 665. The van der Waals surface area contributed by atoms with Gasteiger partial charge in [0.05, 0.1) is 0 Å². The molecule has 0 amide bonds. The predicted octanol–water partition coefficient (Wildman–Crippen LogP) is 10.0. The Balaban J connectivity index is 0.000000970. The van der Waals surface area contributed by atoms with Crippen molar-refractivity contribution in [3.8, 4) is 0 Å². The summed E-state index contributed by atoms with van der Waals surface area (Å²) < 4.78 is 29.2. The van der Waals surface area contributed by atoms with E-state index in [4.69, 9.17) is 10.3 Å². The van der Waals surface area contributed by atoms with Crippen LogP contribution in [-0.2, 0) is 15.9 Å². The fourth-order valence-electron chi connectivity index (χ4n) is 4.93. The monoisotopic (exact) mass is 539 g/mol. The molecule has 1 aromatic rings. The molecule has 0 spiro atoms. The zero-order valence-electron chi connectivity index (χ0n) is 24.7. The maximum Gasteiger partial charge on any atom is 0.269 e. The number of rotatable bonds is 23. The van der Waals surface area contributed by atoms with Gasteiger partial charge in [-0.3, -0.25) is 4.55 Å². The van der Waals surface area contributed by atoms with Crippen molar-refractivity contribution in [3.63, 3.8) is 0 Å². The van der Waals surface area contributed by atoms with Crippen LogP contribution in [0.15, 0.2) is 30.3 Å². The predicted molar refractivity (Wildman–Crippen MR) is 163 cm³/mol. The summed E-state index contributed by atoms with van der Waals surface area (Å²) in [6.45, 7) is 6.89. The Kier molecular flexibility index (Phi) is 23.6. The van der Waals surface area contributed by atoms with Gasteiger partial charge in [0.2, 0.25) is 0 Å². The smallest absolute Gasteiger partial charge is 0.269 e. The molecule has 0 bridgehead atoms. The average Bonchev–Trinajstić information content (AvgIpc) is 2.86. The molecule has 3 N–H and O–H groups in total. The van der Waals surface area contributed by atoms with Crippen LogP contribution in [-0.4, -0.2) is 18.5 Å². The topological polar surface area (TPSA) is 80.4 Å². The van der Waals surface area contributed by atoms with Gasteiger partial charge < -0.3 is 5.73 Å². The minimum absolute atomic E-state index is 0.139. The molecule has 0 saturated carbocycles. The van der Waals surface area contributed by atoms with Gasteiger partial charge in [-0.2, -0.15) is 8.42 Å². The van der Waals surface area contributed by atoms with Gasteiger partial charge >= 0.3 is 0 Å². The maximum atomic E-state index is 10.4. The van der Waals surface area contributed by atoms with E-state index in [1.807, 2.05) is 0 Å². The van der Waals surface area contributed by atoms with E-state index in [2.05, 4.69) is 20.8 Å². The van der Waals surface area contributed by atoms with E-state index >= 15 is 0 Å². The molecule has 0 aliphatic rings. The van der Waals surface area contributed by atoms with Crippen LogP contribution >= 0.6 is 0 Å². The molecular weight excluding hydrogens is 478 g/mol. The summed E-state index contributed by atoms with van der Waals surface area (Å²) in [6, 6.07) is 8.52. The molecule has 0 aromatic heterocycles. The average molecular weight is 540 g/mol. The fourth-order valence-corrected chi connectivity index (χ4v) is 5.55. The van der Waals surface area contributed by atoms with Gasteiger partial charge in [-0.25, -0.2) is 0 Å². The Labute approximate surface area is 231 Å². The summed E-state index contributed by atoms with van der Waals surface area (Å²) in [5.41, 5.74) is 7.65. The molecule has 0 radical (unpaired) electrons. The van der Waals surface area contributed by atoms with E-state index in [9.17, 15) is 8.42 Å². The highest BCUT2D eigenvalue weighted by Crippen LogP contribution is 2.27. The van der Waals surface area contributed by atoms with Crippen LogP contribution in [0.4, 0.5) is 0 Å². The second-order valence-corrected chi connectivity index (χ2v) is 12.6. The molecule has 0 atom stereocenters. The lowest BCUT2D eigenvalue weighted by molar-refractivity contribution is 0.302. The molecule has 4 nitrogen and oxygen atoms in total. The van der Waals surface area contributed by atoms with Crippen molar-refractivity contribution in [2.24, 2.45) is 5.73 Å². The molecule has 0 saturated heterocycles. The van der Waals surface area contributed by atoms with E-state index in [0.29, 0.717) is 5.56 Å². The highest BCUT2D eigenvalue weighted by molar-refractivity contribution is 7.85. The number of nitrogens with two attached hydrogens (primary N) is 1. The summed E-state index contributed by atoms with van der Waals surface area (Å²) in [5, 5.41) is 0. The van der Waals surface area contributed by atoms with Gasteiger partial charge in [0.15, 0.2) is 0 Å². The summed E-state index contributed by atoms with van der Waals surface area (Å²) in [7, 11) is -3.88. The Morgan fingerprint density at radius 1 is 0.595 bits per heavy atom. The molecule has 1 rings (SSSR count). The van der Waals surface area contributed by atoms with Crippen LogP contribution in [0, 0.1) is 0 Å². The van der Waals surface area contributed by atoms with Crippen molar-refractivity contribution in [1.82, 2.24) is 0 Å². The molecular formula is C32H61NO3S. The van der Waals surface area contributed by atoms with Crippen LogP contribution in [0.3, 0.4) is 0 Å². The lowest BCUT2D eigenvalue weighted by Gasteiger charge is -2.30. The Hall–Kier alpha value is -0.910.